The quantitative estimate of drug-likeness (QED) is 0.335. The number of hydrogen-bond acceptors (Lipinski definition) is 5. The van der Waals surface area contributed by atoms with Crippen molar-refractivity contribution >= 4 is 11.8 Å². The third-order valence-electron chi connectivity index (χ3n) is 4.23. The van der Waals surface area contributed by atoms with Gasteiger partial charge in [0, 0.05) is 11.5 Å². The second-order valence-electron chi connectivity index (χ2n) is 6.21. The zero-order valence-electron chi connectivity index (χ0n) is 16.0. The van der Waals surface area contributed by atoms with Crippen LogP contribution in [0.2, 0.25) is 0 Å². The van der Waals surface area contributed by atoms with E-state index in [1.807, 2.05) is 20.8 Å². The standard InChI is InChI=1S/C14H10O3.C8H18O2/c15-13(11-7-3-1-4-8-11)14(16)17-12-9-5-2-6-10-12;1-4-7(9)6(3)8(10)5-2/h1-10H;6-10H,4-5H2,1-3H3. The van der Waals surface area contributed by atoms with Gasteiger partial charge in [-0.05, 0) is 25.0 Å². The Hall–Kier alpha value is -2.50. The van der Waals surface area contributed by atoms with Gasteiger partial charge >= 0.3 is 5.97 Å². The van der Waals surface area contributed by atoms with Gasteiger partial charge in [0.25, 0.3) is 5.78 Å². The van der Waals surface area contributed by atoms with E-state index in [1.54, 1.807) is 60.7 Å². The minimum absolute atomic E-state index is 0.00926. The molecular weight excluding hydrogens is 344 g/mol. The van der Waals surface area contributed by atoms with Crippen molar-refractivity contribution in [2.45, 2.75) is 45.8 Å². The largest absolute Gasteiger partial charge is 0.421 e. The van der Waals surface area contributed by atoms with Gasteiger partial charge in [-0.25, -0.2) is 4.79 Å². The van der Waals surface area contributed by atoms with E-state index in [-0.39, 0.29) is 18.1 Å². The number of benzene rings is 2. The van der Waals surface area contributed by atoms with Crippen LogP contribution in [-0.4, -0.2) is 34.2 Å². The second-order valence-corrected chi connectivity index (χ2v) is 6.21. The van der Waals surface area contributed by atoms with E-state index in [0.717, 1.165) is 12.8 Å². The highest BCUT2D eigenvalue weighted by atomic mass is 16.5. The van der Waals surface area contributed by atoms with Crippen LogP contribution in [0.1, 0.15) is 44.0 Å². The predicted molar refractivity (Wildman–Crippen MR) is 105 cm³/mol. The van der Waals surface area contributed by atoms with Crippen LogP contribution in [0.3, 0.4) is 0 Å². The SMILES string of the molecule is CCC(O)C(C)C(O)CC.O=C(Oc1ccccc1)C(=O)c1ccccc1. The summed E-state index contributed by atoms with van der Waals surface area (Å²) in [5.41, 5.74) is 0.327. The first kappa shape index (κ1) is 22.5. The summed E-state index contributed by atoms with van der Waals surface area (Å²) in [6.07, 6.45) is 0.737. The van der Waals surface area contributed by atoms with Crippen molar-refractivity contribution in [1.82, 2.24) is 0 Å². The number of rotatable bonds is 7. The highest BCUT2D eigenvalue weighted by Crippen LogP contribution is 2.13. The fraction of sp³-hybridized carbons (Fsp3) is 0.364. The summed E-state index contributed by atoms with van der Waals surface area (Å²) in [4.78, 5) is 23.2. The van der Waals surface area contributed by atoms with Crippen LogP contribution in [0.25, 0.3) is 0 Å². The number of carbonyl (C=O) groups excluding carboxylic acids is 2. The lowest BCUT2D eigenvalue weighted by atomic mass is 9.95. The number of aliphatic hydroxyl groups excluding tert-OH is 2. The monoisotopic (exact) mass is 372 g/mol. The van der Waals surface area contributed by atoms with Gasteiger partial charge in [0.15, 0.2) is 0 Å². The highest BCUT2D eigenvalue weighted by Gasteiger charge is 2.19. The molecule has 0 heterocycles. The van der Waals surface area contributed by atoms with Crippen molar-refractivity contribution in [1.29, 1.82) is 0 Å². The Morgan fingerprint density at radius 2 is 1.30 bits per heavy atom. The topological polar surface area (TPSA) is 83.8 Å². The Kier molecular flexibility index (Phi) is 10.0. The molecule has 0 amide bonds. The summed E-state index contributed by atoms with van der Waals surface area (Å²) in [6.45, 7) is 5.72. The van der Waals surface area contributed by atoms with Crippen molar-refractivity contribution in [3.05, 3.63) is 66.2 Å². The first-order valence-electron chi connectivity index (χ1n) is 9.13. The first-order valence-corrected chi connectivity index (χ1v) is 9.13. The van der Waals surface area contributed by atoms with Crippen LogP contribution in [0, 0.1) is 5.92 Å². The summed E-state index contributed by atoms with van der Waals surface area (Å²) in [5.74, 6) is -1.14. The molecule has 0 saturated heterocycles. The molecule has 27 heavy (non-hydrogen) atoms. The van der Waals surface area contributed by atoms with Crippen LogP contribution in [0.5, 0.6) is 5.75 Å². The molecule has 0 radical (unpaired) electrons. The normalized spacial score (nSPS) is 13.5. The van der Waals surface area contributed by atoms with Crippen molar-refractivity contribution in [2.24, 2.45) is 5.92 Å². The van der Waals surface area contributed by atoms with E-state index >= 15 is 0 Å². The molecule has 0 bridgehead atoms. The molecule has 0 fully saturated rings. The summed E-state index contributed by atoms with van der Waals surface area (Å²) < 4.78 is 4.94. The minimum Gasteiger partial charge on any atom is -0.421 e. The van der Waals surface area contributed by atoms with E-state index in [2.05, 4.69) is 0 Å². The van der Waals surface area contributed by atoms with Gasteiger partial charge in [-0.1, -0.05) is 69.3 Å². The Bertz CT molecular complexity index is 674. The fourth-order valence-corrected chi connectivity index (χ4v) is 2.35. The number of ketones is 1. The first-order chi connectivity index (χ1) is 12.9. The Morgan fingerprint density at radius 1 is 0.852 bits per heavy atom. The third-order valence-corrected chi connectivity index (χ3v) is 4.23. The average Bonchev–Trinajstić information content (AvgIpc) is 2.73. The van der Waals surface area contributed by atoms with Gasteiger partial charge in [0.1, 0.15) is 5.75 Å². The second kappa shape index (κ2) is 12.0. The molecule has 146 valence electrons. The van der Waals surface area contributed by atoms with Crippen LogP contribution in [-0.2, 0) is 4.79 Å². The maximum atomic E-state index is 11.7. The molecule has 0 spiro atoms. The number of carbonyl (C=O) groups is 2. The molecule has 0 saturated carbocycles. The lowest BCUT2D eigenvalue weighted by Gasteiger charge is -2.21. The Balaban J connectivity index is 0.000000314. The molecule has 2 rings (SSSR count). The molecule has 2 atom stereocenters. The molecule has 0 aliphatic carbocycles. The van der Waals surface area contributed by atoms with E-state index in [4.69, 9.17) is 4.74 Å². The smallest absolute Gasteiger partial charge is 0.385 e. The van der Waals surface area contributed by atoms with E-state index in [0.29, 0.717) is 11.3 Å². The predicted octanol–water partition coefficient (Wildman–Crippen LogP) is 3.64. The average molecular weight is 372 g/mol. The Labute approximate surface area is 160 Å². The van der Waals surface area contributed by atoms with Crippen LogP contribution in [0.4, 0.5) is 0 Å². The highest BCUT2D eigenvalue weighted by molar-refractivity contribution is 6.41. The lowest BCUT2D eigenvalue weighted by Crippen LogP contribution is -2.28. The maximum Gasteiger partial charge on any atom is 0.385 e. The summed E-state index contributed by atoms with van der Waals surface area (Å²) in [7, 11) is 0. The van der Waals surface area contributed by atoms with Crippen molar-refractivity contribution in [3.63, 3.8) is 0 Å². The van der Waals surface area contributed by atoms with E-state index < -0.39 is 11.8 Å². The van der Waals surface area contributed by atoms with Crippen molar-refractivity contribution in [3.8, 4) is 5.75 Å². The van der Waals surface area contributed by atoms with E-state index in [9.17, 15) is 19.8 Å². The van der Waals surface area contributed by atoms with Crippen LogP contribution >= 0.6 is 0 Å². The number of aliphatic hydroxyl groups is 2. The van der Waals surface area contributed by atoms with Gasteiger partial charge in [-0.3, -0.25) is 4.79 Å². The molecule has 2 unspecified atom stereocenters. The number of esters is 1. The van der Waals surface area contributed by atoms with Gasteiger partial charge in [0.2, 0.25) is 0 Å². The van der Waals surface area contributed by atoms with Crippen molar-refractivity contribution in [2.75, 3.05) is 0 Å². The van der Waals surface area contributed by atoms with Gasteiger partial charge in [-0.2, -0.15) is 0 Å². The molecule has 5 nitrogen and oxygen atoms in total. The summed E-state index contributed by atoms with van der Waals surface area (Å²) in [5, 5.41) is 18.5. The fourth-order valence-electron chi connectivity index (χ4n) is 2.35. The van der Waals surface area contributed by atoms with E-state index in [1.165, 1.54) is 0 Å². The molecular formula is C22H28O5. The Morgan fingerprint density at radius 3 is 1.74 bits per heavy atom. The molecule has 2 N–H and O–H groups in total. The minimum atomic E-state index is -0.873. The van der Waals surface area contributed by atoms with Gasteiger partial charge < -0.3 is 14.9 Å². The zero-order valence-corrected chi connectivity index (χ0v) is 16.0. The zero-order chi connectivity index (χ0) is 20.2. The number of para-hydroxylation sites is 1. The van der Waals surface area contributed by atoms with Crippen molar-refractivity contribution < 1.29 is 24.5 Å². The summed E-state index contributed by atoms with van der Waals surface area (Å²) in [6, 6.07) is 16.8. The molecule has 0 aliphatic rings. The molecule has 0 aliphatic heterocycles. The number of Topliss-reactive ketones (excluding diaryl/α,β-unsaturated/α-hetero) is 1. The lowest BCUT2D eigenvalue weighted by molar-refractivity contribution is -0.129. The molecule has 5 heteroatoms. The maximum absolute atomic E-state index is 11.7. The number of hydrogen-bond donors (Lipinski definition) is 2. The van der Waals surface area contributed by atoms with Crippen LogP contribution in [0.15, 0.2) is 60.7 Å². The molecule has 2 aromatic rings. The van der Waals surface area contributed by atoms with Crippen LogP contribution < -0.4 is 4.74 Å². The number of ether oxygens (including phenoxy) is 1. The third kappa shape index (κ3) is 7.72. The van der Waals surface area contributed by atoms with Gasteiger partial charge in [-0.15, -0.1) is 0 Å². The molecule has 2 aromatic carbocycles. The summed E-state index contributed by atoms with van der Waals surface area (Å²) >= 11 is 0. The molecule has 0 aromatic heterocycles. The van der Waals surface area contributed by atoms with Gasteiger partial charge in [0.05, 0.1) is 12.2 Å².